The second-order valence-electron chi connectivity index (χ2n) is 11.2. The number of methoxy groups -OCH3 is 2. The summed E-state index contributed by atoms with van der Waals surface area (Å²) < 4.78 is 10.8. The molecule has 2 aromatic rings. The maximum absolute atomic E-state index is 14.1. The highest BCUT2D eigenvalue weighted by atomic mass is 79.9. The van der Waals surface area contributed by atoms with Crippen LogP contribution >= 0.6 is 50.7 Å². The average Bonchev–Trinajstić information content (AvgIpc) is 3.32. The van der Waals surface area contributed by atoms with Crippen LogP contribution < -0.4 is 14.4 Å². The second kappa shape index (κ2) is 10.4. The van der Waals surface area contributed by atoms with Gasteiger partial charge in [0.1, 0.15) is 0 Å². The highest BCUT2D eigenvalue weighted by Crippen LogP contribution is 2.66. The van der Waals surface area contributed by atoms with E-state index in [2.05, 4.69) is 15.9 Å². The van der Waals surface area contributed by atoms with Crippen molar-refractivity contribution in [3.8, 4) is 17.2 Å². The number of phenols is 1. The summed E-state index contributed by atoms with van der Waals surface area (Å²) in [7, 11) is 2.72. The molecule has 13 heteroatoms. The number of nitrogens with zero attached hydrogens (tertiary/aromatic N) is 2. The van der Waals surface area contributed by atoms with Crippen molar-refractivity contribution in [2.24, 2.45) is 17.8 Å². The van der Waals surface area contributed by atoms with E-state index in [9.17, 15) is 24.3 Å². The van der Waals surface area contributed by atoms with Crippen molar-refractivity contribution < 1.29 is 33.8 Å². The van der Waals surface area contributed by atoms with Crippen LogP contribution in [0.1, 0.15) is 29.9 Å². The number of benzene rings is 2. The lowest BCUT2D eigenvalue weighted by Gasteiger charge is -2.50. The number of amides is 4. The summed E-state index contributed by atoms with van der Waals surface area (Å²) in [4.78, 5) is 53.8. The minimum absolute atomic E-state index is 0.0508. The van der Waals surface area contributed by atoms with Gasteiger partial charge in [0.25, 0.3) is 11.8 Å². The van der Waals surface area contributed by atoms with Gasteiger partial charge in [-0.25, -0.2) is 4.90 Å². The molecule has 2 aliphatic heterocycles. The number of phenolic OH excluding ortho intramolecular Hbond substituents is 1. The molecule has 0 unspecified atom stereocenters. The summed E-state index contributed by atoms with van der Waals surface area (Å²) in [6.45, 7) is 1.82. The molecular weight excluding hydrogens is 687 g/mol. The molecule has 6 rings (SSSR count). The van der Waals surface area contributed by atoms with Gasteiger partial charge in [-0.05, 0) is 61.1 Å². The number of allylic oxidation sites excluding steroid dienone is 2. The number of hydrogen-bond acceptors (Lipinski definition) is 7. The first kappa shape index (κ1) is 30.2. The van der Waals surface area contributed by atoms with E-state index in [1.54, 1.807) is 18.2 Å². The first-order chi connectivity index (χ1) is 20.3. The highest BCUT2D eigenvalue weighted by Gasteiger charge is 2.76. The van der Waals surface area contributed by atoms with Crippen molar-refractivity contribution in [1.29, 1.82) is 0 Å². The fourth-order valence-corrected chi connectivity index (χ4v) is 8.78. The Balaban J connectivity index is 1.54. The number of fused-ring (bicyclic) bond motifs is 4. The maximum Gasteiger partial charge on any atom is 0.254 e. The lowest BCUT2D eigenvalue weighted by atomic mass is 9.56. The lowest BCUT2D eigenvalue weighted by Crippen LogP contribution is -2.60. The molecule has 2 aliphatic carbocycles. The van der Waals surface area contributed by atoms with E-state index in [4.69, 9.17) is 44.3 Å². The van der Waals surface area contributed by atoms with Crippen molar-refractivity contribution in [2.75, 3.05) is 24.6 Å². The number of alkyl halides is 3. The van der Waals surface area contributed by atoms with Crippen molar-refractivity contribution in [3.63, 3.8) is 0 Å². The number of hydrogen-bond donors (Lipinski definition) is 1. The number of rotatable bonds is 5. The minimum Gasteiger partial charge on any atom is -0.502 e. The molecule has 226 valence electrons. The molecule has 4 aliphatic rings. The zero-order chi connectivity index (χ0) is 31.2. The summed E-state index contributed by atoms with van der Waals surface area (Å²) >= 11 is 24.1. The number of halogens is 4. The van der Waals surface area contributed by atoms with Crippen LogP contribution in [0.3, 0.4) is 0 Å². The molecular formula is C30H26BrCl3N2O7. The number of carbonyl (C=O) groups is 4. The predicted molar refractivity (Wildman–Crippen MR) is 163 cm³/mol. The normalized spacial score (nSPS) is 31.6. The Bertz CT molecular complexity index is 1620. The van der Waals surface area contributed by atoms with Gasteiger partial charge in [-0.3, -0.25) is 24.1 Å². The summed E-state index contributed by atoms with van der Waals surface area (Å²) in [5.74, 6) is -5.72. The fraction of sp³-hybridized carbons (Fsp3) is 0.400. The third-order valence-corrected chi connectivity index (χ3v) is 11.6. The van der Waals surface area contributed by atoms with Crippen molar-refractivity contribution >= 4 is 80.0 Å². The molecule has 1 N–H and O–H groups in total. The number of ether oxygens (including phenoxy) is 2. The molecule has 2 saturated heterocycles. The Labute approximate surface area is 270 Å². The van der Waals surface area contributed by atoms with Crippen molar-refractivity contribution in [2.45, 2.75) is 35.4 Å². The molecule has 0 aromatic heterocycles. The minimum atomic E-state index is -2.00. The number of carbonyl (C=O) groups excluding carboxylic acids is 4. The molecule has 2 heterocycles. The van der Waals surface area contributed by atoms with Gasteiger partial charge < -0.3 is 14.6 Å². The molecule has 2 aromatic carbocycles. The Morgan fingerprint density at radius 2 is 1.65 bits per heavy atom. The largest absolute Gasteiger partial charge is 0.502 e. The van der Waals surface area contributed by atoms with Gasteiger partial charge in [0.2, 0.25) is 17.6 Å². The zero-order valence-corrected chi connectivity index (χ0v) is 27.1. The topological polar surface area (TPSA) is 113 Å². The van der Waals surface area contributed by atoms with E-state index in [0.717, 1.165) is 15.4 Å². The highest BCUT2D eigenvalue weighted by molar-refractivity contribution is 9.09. The van der Waals surface area contributed by atoms with Crippen LogP contribution in [0.25, 0.3) is 0 Å². The molecule has 1 saturated carbocycles. The van der Waals surface area contributed by atoms with Crippen LogP contribution in [0.4, 0.5) is 5.69 Å². The van der Waals surface area contributed by atoms with Crippen LogP contribution in [0.2, 0.25) is 5.02 Å². The summed E-state index contributed by atoms with van der Waals surface area (Å²) in [5.41, 5.74) is 2.00. The van der Waals surface area contributed by atoms with Gasteiger partial charge in [0.15, 0.2) is 21.2 Å². The van der Waals surface area contributed by atoms with Gasteiger partial charge in [-0.2, -0.15) is 0 Å². The van der Waals surface area contributed by atoms with Crippen LogP contribution in [0, 0.1) is 24.7 Å². The van der Waals surface area contributed by atoms with Crippen LogP contribution in [0.5, 0.6) is 17.2 Å². The second-order valence-corrected chi connectivity index (χ2v) is 13.4. The molecule has 0 radical (unpaired) electrons. The third-order valence-electron chi connectivity index (χ3n) is 9.26. The van der Waals surface area contributed by atoms with Gasteiger partial charge in [0, 0.05) is 10.9 Å². The average molecular weight is 713 g/mol. The van der Waals surface area contributed by atoms with E-state index < -0.39 is 51.1 Å². The van der Waals surface area contributed by atoms with E-state index in [1.807, 2.05) is 13.0 Å². The number of likely N-dealkylation sites (tertiary alicyclic amines) is 1. The standard InChI is InChI=1S/C30H26BrCl3N2O7/c1-13-4-5-15(10-19(13)32)36-25(38)17-7-6-16-18(22(17)26(36)39)11-29(33)27(40)35(12-31)28(41)30(29,34)23(16)14-8-20(42-2)24(37)21(9-14)43-3/h4-6,8-10,17-18,22-23,37H,7,11-12H2,1-3H3/t17-,18+,22-,23-,29+,30-/m0/s1. The van der Waals surface area contributed by atoms with Crippen molar-refractivity contribution in [1.82, 2.24) is 4.90 Å². The van der Waals surface area contributed by atoms with Gasteiger partial charge in [-0.15, -0.1) is 23.2 Å². The fourth-order valence-electron chi connectivity index (χ4n) is 7.18. The number of aromatic hydroxyl groups is 1. The van der Waals surface area contributed by atoms with Crippen molar-refractivity contribution in [3.05, 3.63) is 58.1 Å². The number of anilines is 1. The third kappa shape index (κ3) is 3.95. The van der Waals surface area contributed by atoms with Gasteiger partial charge >= 0.3 is 0 Å². The van der Waals surface area contributed by atoms with E-state index >= 15 is 0 Å². The smallest absolute Gasteiger partial charge is 0.254 e. The predicted octanol–water partition coefficient (Wildman–Crippen LogP) is 5.29. The Morgan fingerprint density at radius 1 is 1.00 bits per heavy atom. The molecule has 43 heavy (non-hydrogen) atoms. The van der Waals surface area contributed by atoms with Crippen LogP contribution in [0.15, 0.2) is 42.0 Å². The SMILES string of the molecule is COc1cc([C@H]2C3=CC[C@@H]4C(=O)N(c5ccc(C)c(Cl)c5)C(=O)[C@@H]4[C@@H]3C[C@@]3(Cl)C(=O)N(CBr)C(=O)[C@@]23Cl)cc(OC)c1O. The Hall–Kier alpha value is -2.79. The van der Waals surface area contributed by atoms with Crippen LogP contribution in [-0.4, -0.2) is 63.1 Å². The first-order valence-electron chi connectivity index (χ1n) is 13.4. The molecule has 9 nitrogen and oxygen atoms in total. The van der Waals surface area contributed by atoms with Gasteiger partial charge in [-0.1, -0.05) is 45.2 Å². The summed E-state index contributed by atoms with van der Waals surface area (Å²) in [6.07, 6.45) is 1.88. The molecule has 0 bridgehead atoms. The number of imide groups is 2. The number of aryl methyl sites for hydroxylation is 1. The maximum atomic E-state index is 14.1. The molecule has 6 atom stereocenters. The summed E-state index contributed by atoms with van der Waals surface area (Å²) in [6, 6.07) is 8.00. The van der Waals surface area contributed by atoms with E-state index in [-0.39, 0.29) is 41.5 Å². The van der Waals surface area contributed by atoms with E-state index in [0.29, 0.717) is 21.8 Å². The lowest BCUT2D eigenvalue weighted by molar-refractivity contribution is -0.138. The monoisotopic (exact) mass is 710 g/mol. The molecule has 0 spiro atoms. The Morgan fingerprint density at radius 3 is 2.23 bits per heavy atom. The quantitative estimate of drug-likeness (QED) is 0.194. The van der Waals surface area contributed by atoms with Gasteiger partial charge in [0.05, 0.1) is 37.2 Å². The Kier molecular flexibility index (Phi) is 7.31. The zero-order valence-electron chi connectivity index (χ0n) is 23.2. The first-order valence-corrected chi connectivity index (χ1v) is 15.7. The molecule has 3 fully saturated rings. The van der Waals surface area contributed by atoms with Crippen LogP contribution in [-0.2, 0) is 19.2 Å². The summed E-state index contributed by atoms with van der Waals surface area (Å²) in [5, 5.41) is 11.0. The molecule has 4 amide bonds. The van der Waals surface area contributed by atoms with E-state index in [1.165, 1.54) is 26.4 Å².